The molecule has 26 atom stereocenters. The van der Waals surface area contributed by atoms with Crippen LogP contribution in [0.1, 0.15) is 23.0 Å². The van der Waals surface area contributed by atoms with Gasteiger partial charge in [0, 0.05) is 23.7 Å². The fourth-order valence-corrected chi connectivity index (χ4v) is 12.6. The van der Waals surface area contributed by atoms with Crippen LogP contribution in [0.15, 0.2) is 73.2 Å². The maximum atomic E-state index is 15.1. The second-order valence-corrected chi connectivity index (χ2v) is 19.9. The summed E-state index contributed by atoms with van der Waals surface area (Å²) in [5.41, 5.74) is -1.77. The topological polar surface area (TPSA) is 376 Å². The molecule has 12 N–H and O–H groups in total. The zero-order chi connectivity index (χ0) is 50.7. The number of phenols is 2. The predicted molar refractivity (Wildman–Crippen MR) is 230 cm³/mol. The molecule has 24 nitrogen and oxygen atoms in total. The van der Waals surface area contributed by atoms with Crippen LogP contribution in [-0.4, -0.2) is 209 Å². The summed E-state index contributed by atoms with van der Waals surface area (Å²) in [6.45, 7) is -2.66. The van der Waals surface area contributed by atoms with E-state index in [0.29, 0.717) is 11.1 Å². The van der Waals surface area contributed by atoms with Gasteiger partial charge in [0.2, 0.25) is 12.6 Å². The normalized spacial score (nSPS) is 48.1. The number of carbonyl (C=O) groups is 2. The van der Waals surface area contributed by atoms with Gasteiger partial charge in [-0.05, 0) is 47.5 Å². The van der Waals surface area contributed by atoms with Gasteiger partial charge in [-0.15, -0.1) is 0 Å². The second-order valence-electron chi connectivity index (χ2n) is 19.9. The Hall–Kier alpha value is -4.58. The van der Waals surface area contributed by atoms with Gasteiger partial charge in [-0.25, -0.2) is 0 Å². The molecule has 392 valence electrons. The zero-order valence-electron chi connectivity index (χ0n) is 37.9. The van der Waals surface area contributed by atoms with E-state index in [4.69, 9.17) is 47.4 Å². The van der Waals surface area contributed by atoms with E-state index in [2.05, 4.69) is 0 Å². The van der Waals surface area contributed by atoms with Crippen molar-refractivity contribution in [2.24, 2.45) is 35.5 Å². The minimum absolute atomic E-state index is 0.0738. The molecule has 24 heteroatoms. The minimum Gasteiger partial charge on any atom is -0.508 e. The number of esters is 2. The summed E-state index contributed by atoms with van der Waals surface area (Å²) in [5.74, 6) is -9.56. The number of fused-ring (bicyclic) bond motifs is 6. The number of rotatable bonds is 14. The molecule has 0 amide bonds. The highest BCUT2D eigenvalue weighted by molar-refractivity contribution is 5.87. The fraction of sp³-hybridized carbons (Fsp3) is 0.625. The van der Waals surface area contributed by atoms with E-state index >= 15 is 9.59 Å². The molecule has 7 fully saturated rings. The molecule has 2 aromatic rings. The third-order valence-corrected chi connectivity index (χ3v) is 16.3. The Bertz CT molecular complexity index is 2220. The van der Waals surface area contributed by atoms with Crippen molar-refractivity contribution in [1.82, 2.24) is 0 Å². The van der Waals surface area contributed by atoms with Crippen LogP contribution in [0.4, 0.5) is 0 Å². The highest BCUT2D eigenvalue weighted by atomic mass is 16.8. The fourth-order valence-electron chi connectivity index (χ4n) is 12.6. The highest BCUT2D eigenvalue weighted by Gasteiger charge is 2.79. The van der Waals surface area contributed by atoms with Gasteiger partial charge < -0.3 is 109 Å². The van der Waals surface area contributed by atoms with Crippen LogP contribution < -0.4 is 0 Å². The third-order valence-electron chi connectivity index (χ3n) is 16.3. The van der Waals surface area contributed by atoms with Crippen molar-refractivity contribution in [3.05, 3.63) is 84.3 Å². The molecule has 0 spiro atoms. The first-order chi connectivity index (χ1) is 34.6. The largest absolute Gasteiger partial charge is 0.508 e. The van der Waals surface area contributed by atoms with Crippen LogP contribution in [0.2, 0.25) is 0 Å². The maximum absolute atomic E-state index is 15.1. The van der Waals surface area contributed by atoms with Gasteiger partial charge in [-0.3, -0.25) is 9.59 Å². The average Bonchev–Trinajstić information content (AvgIpc) is 4.26. The lowest BCUT2D eigenvalue weighted by atomic mass is 9.52. The van der Waals surface area contributed by atoms with Crippen molar-refractivity contribution in [1.29, 1.82) is 0 Å². The van der Waals surface area contributed by atoms with E-state index in [1.54, 1.807) is 36.4 Å². The van der Waals surface area contributed by atoms with E-state index in [1.165, 1.54) is 36.8 Å². The Kier molecular flexibility index (Phi) is 12.9. The summed E-state index contributed by atoms with van der Waals surface area (Å²) >= 11 is 0. The summed E-state index contributed by atoms with van der Waals surface area (Å²) in [6, 6.07) is 12.1. The molecule has 4 saturated heterocycles. The summed E-state index contributed by atoms with van der Waals surface area (Å²) in [7, 11) is 0. The van der Waals surface area contributed by atoms with Gasteiger partial charge in [0.05, 0.1) is 62.6 Å². The molecule has 3 saturated carbocycles. The predicted octanol–water partition coefficient (Wildman–Crippen LogP) is -3.84. The number of carbonyl (C=O) groups excluding carboxylic acids is 2. The first-order valence-electron chi connectivity index (χ1n) is 23.7. The SMILES string of the molecule is O=C(O[C@H]1[C@@H]2C=CO[C@@H](O[C@@H]3O[C@H](CO)[C@@H](O)[C@H](O)[C@H]3O)[C@@H]2[C@@]2(CO)O[C@@H]12)[C@H]1[C@H](C(=O)O[C@H]2[C@@H]3C=CO[C@@H](O[C@@H]4O[C@H](CO)[C@@H](O)[C@H](O)[C@H]4O)[C@@H]3[C@@]3(CO)O[C@@H]23)[C@@H](c2ccc(O)cc2)[C@@H]1c1ccc(O)cc1. The molecule has 11 rings (SSSR count). The van der Waals surface area contributed by atoms with Crippen molar-refractivity contribution in [2.45, 2.75) is 121 Å². The van der Waals surface area contributed by atoms with Crippen LogP contribution in [0.5, 0.6) is 11.5 Å². The zero-order valence-corrected chi connectivity index (χ0v) is 37.9. The van der Waals surface area contributed by atoms with Gasteiger partial charge in [-0.1, -0.05) is 24.3 Å². The summed E-state index contributed by atoms with van der Waals surface area (Å²) in [6.07, 6.45) is -17.5. The van der Waals surface area contributed by atoms with Crippen molar-refractivity contribution in [2.75, 3.05) is 26.4 Å². The van der Waals surface area contributed by atoms with Crippen LogP contribution in [-0.2, 0) is 57.0 Å². The van der Waals surface area contributed by atoms with Gasteiger partial charge in [0.15, 0.2) is 12.6 Å². The van der Waals surface area contributed by atoms with E-state index in [-0.39, 0.29) is 11.5 Å². The molecule has 0 unspecified atom stereocenters. The van der Waals surface area contributed by atoms with Gasteiger partial charge in [0.1, 0.15) is 95.9 Å². The minimum atomic E-state index is -1.80. The number of epoxide rings is 2. The highest BCUT2D eigenvalue weighted by Crippen LogP contribution is 2.65. The number of ether oxygens (including phenoxy) is 10. The lowest BCUT2D eigenvalue weighted by Gasteiger charge is -2.50. The number of hydrogen-bond donors (Lipinski definition) is 12. The summed E-state index contributed by atoms with van der Waals surface area (Å²) in [5, 5.41) is 125. The molecule has 6 aliphatic heterocycles. The van der Waals surface area contributed by atoms with Gasteiger partial charge >= 0.3 is 11.9 Å². The van der Waals surface area contributed by atoms with Gasteiger partial charge in [-0.2, -0.15) is 0 Å². The first-order valence-corrected chi connectivity index (χ1v) is 23.7. The Morgan fingerprint density at radius 1 is 0.514 bits per heavy atom. The maximum Gasteiger partial charge on any atom is 0.310 e. The molecule has 0 aromatic heterocycles. The lowest BCUT2D eigenvalue weighted by molar-refractivity contribution is -0.344. The van der Waals surface area contributed by atoms with Crippen molar-refractivity contribution < 1.29 is 118 Å². The van der Waals surface area contributed by atoms with Crippen LogP contribution in [0.25, 0.3) is 0 Å². The van der Waals surface area contributed by atoms with Gasteiger partial charge in [0.25, 0.3) is 0 Å². The van der Waals surface area contributed by atoms with Crippen molar-refractivity contribution in [3.8, 4) is 11.5 Å². The van der Waals surface area contributed by atoms with Crippen molar-refractivity contribution >= 4 is 11.9 Å². The molecular weight excluding hydrogens is 961 g/mol. The van der Waals surface area contributed by atoms with Crippen LogP contribution >= 0.6 is 0 Å². The van der Waals surface area contributed by atoms with Crippen LogP contribution in [0.3, 0.4) is 0 Å². The van der Waals surface area contributed by atoms with Crippen LogP contribution in [0, 0.1) is 35.5 Å². The number of benzene rings is 2. The number of phenolic OH excluding ortho intramolecular Hbond substituents is 2. The molecule has 0 radical (unpaired) electrons. The van der Waals surface area contributed by atoms with E-state index in [1.807, 2.05) is 0 Å². The molecular formula is C48H56O24. The molecule has 6 heterocycles. The number of aliphatic hydroxyl groups is 10. The Balaban J connectivity index is 0.883. The van der Waals surface area contributed by atoms with E-state index in [0.717, 1.165) is 0 Å². The van der Waals surface area contributed by atoms with E-state index < -0.39 is 195 Å². The number of aliphatic hydroxyl groups excluding tert-OH is 10. The molecule has 72 heavy (non-hydrogen) atoms. The average molecular weight is 1020 g/mol. The standard InChI is InChI=1S/C48H56O24/c49-13-23-31(55)33(57)35(59)45(65-23)69-43-29-21(9-11-63-43)37(39-47(29,15-51)71-39)67-41(61)27-25(17-1-5-19(53)6-2-17)26(18-3-7-20(54)8-4-18)28(27)42(62)68-38-22-10-12-64-44(30(22)48(16-52)40(38)72-48)70-46-36(60)34(58)32(56)24(14-50)66-46/h1-12,21-40,43-46,49-60H,13-16H2/t21-,22-,23-,24-,25+,26+,27-,28-,29-,30-,31-,32-,33+,34+,35-,36-,37+,38+,39+,40+,43+,44+,45+,46+,47-,48-/m1/s1. The smallest absolute Gasteiger partial charge is 0.310 e. The Morgan fingerprint density at radius 2 is 0.889 bits per heavy atom. The van der Waals surface area contributed by atoms with E-state index in [9.17, 15) is 61.3 Å². The molecule has 3 aliphatic carbocycles. The number of hydrogen-bond acceptors (Lipinski definition) is 24. The molecule has 2 aromatic carbocycles. The van der Waals surface area contributed by atoms with Crippen molar-refractivity contribution in [3.63, 3.8) is 0 Å². The lowest BCUT2D eigenvalue weighted by Crippen LogP contribution is -2.60. The Morgan fingerprint density at radius 3 is 1.24 bits per heavy atom. The summed E-state index contributed by atoms with van der Waals surface area (Å²) in [4.78, 5) is 30.3. The summed E-state index contributed by atoms with van der Waals surface area (Å²) < 4.78 is 59.7. The first kappa shape index (κ1) is 49.6. The molecule has 9 aliphatic rings. The third kappa shape index (κ3) is 7.73. The quantitative estimate of drug-likeness (QED) is 0.0637. The Labute approximate surface area is 408 Å². The second kappa shape index (κ2) is 18.7. The molecule has 0 bridgehead atoms. The monoisotopic (exact) mass is 1020 g/mol. The number of aromatic hydroxyl groups is 2.